The van der Waals surface area contributed by atoms with Crippen LogP contribution < -0.4 is 5.32 Å². The largest absolute Gasteiger partial charge is 0.324 e. The molecule has 0 aromatic heterocycles. The molecule has 1 amide bonds. The third-order valence-electron chi connectivity index (χ3n) is 3.96. The van der Waals surface area contributed by atoms with E-state index in [9.17, 15) is 22.4 Å². The molecule has 110 valence electrons. The number of hydrogen-bond acceptors (Lipinski definition) is 2. The average molecular weight is 282 g/mol. The van der Waals surface area contributed by atoms with E-state index >= 15 is 0 Å². The van der Waals surface area contributed by atoms with Crippen molar-refractivity contribution in [2.75, 3.05) is 6.54 Å². The van der Waals surface area contributed by atoms with E-state index in [1.807, 2.05) is 0 Å². The lowest BCUT2D eigenvalue weighted by Crippen LogP contribution is -2.49. The van der Waals surface area contributed by atoms with Crippen LogP contribution in [-0.4, -0.2) is 41.9 Å². The summed E-state index contributed by atoms with van der Waals surface area (Å²) in [6.45, 7) is 0.368. The van der Waals surface area contributed by atoms with E-state index in [0.717, 1.165) is 30.6 Å². The molecule has 3 nitrogen and oxygen atoms in total. The molecule has 1 saturated heterocycles. The molecule has 0 radical (unpaired) electrons. The first-order valence-corrected chi connectivity index (χ1v) is 6.55. The molecular weight excluding hydrogens is 264 g/mol. The van der Waals surface area contributed by atoms with Crippen molar-refractivity contribution in [3.05, 3.63) is 0 Å². The molecule has 2 unspecified atom stereocenters. The van der Waals surface area contributed by atoms with Crippen LogP contribution in [0, 0.1) is 5.92 Å². The summed E-state index contributed by atoms with van der Waals surface area (Å²) in [4.78, 5) is 12.8. The van der Waals surface area contributed by atoms with Crippen molar-refractivity contribution in [2.45, 2.75) is 57.2 Å². The highest BCUT2D eigenvalue weighted by atomic mass is 19.3. The Balaban J connectivity index is 2.12. The van der Waals surface area contributed by atoms with Crippen molar-refractivity contribution in [3.8, 4) is 0 Å². The molecule has 1 aliphatic heterocycles. The molecular formula is C12H18F4N2O. The third kappa shape index (κ3) is 2.85. The zero-order chi connectivity index (χ0) is 14.2. The normalized spacial score (nSPS) is 29.8. The molecule has 7 heteroatoms. The van der Waals surface area contributed by atoms with E-state index in [1.54, 1.807) is 6.92 Å². The van der Waals surface area contributed by atoms with Crippen LogP contribution in [0.3, 0.4) is 0 Å². The lowest BCUT2D eigenvalue weighted by atomic mass is 10.0. The SMILES string of the molecule is CC1NC(C2CCCC2)N(CC(F)(F)C(F)F)C1=O. The first-order chi connectivity index (χ1) is 8.83. The summed E-state index contributed by atoms with van der Waals surface area (Å²) in [5.74, 6) is -4.59. The van der Waals surface area contributed by atoms with E-state index in [2.05, 4.69) is 5.32 Å². The predicted molar refractivity (Wildman–Crippen MR) is 61.0 cm³/mol. The monoisotopic (exact) mass is 282 g/mol. The van der Waals surface area contributed by atoms with Crippen molar-refractivity contribution in [3.63, 3.8) is 0 Å². The van der Waals surface area contributed by atoms with Gasteiger partial charge < -0.3 is 4.90 Å². The Labute approximate surface area is 109 Å². The Morgan fingerprint density at radius 3 is 2.47 bits per heavy atom. The fraction of sp³-hybridized carbons (Fsp3) is 0.917. The molecule has 1 heterocycles. The molecule has 0 spiro atoms. The average Bonchev–Trinajstić information content (AvgIpc) is 2.92. The number of carbonyl (C=O) groups is 1. The van der Waals surface area contributed by atoms with Gasteiger partial charge in [-0.05, 0) is 25.7 Å². The highest BCUT2D eigenvalue weighted by Crippen LogP contribution is 2.34. The van der Waals surface area contributed by atoms with Crippen LogP contribution in [0.5, 0.6) is 0 Å². The van der Waals surface area contributed by atoms with Gasteiger partial charge in [-0.1, -0.05) is 12.8 Å². The Morgan fingerprint density at radius 1 is 1.37 bits per heavy atom. The first-order valence-electron chi connectivity index (χ1n) is 6.55. The molecule has 2 aliphatic rings. The maximum atomic E-state index is 13.2. The van der Waals surface area contributed by atoms with Crippen molar-refractivity contribution in [1.29, 1.82) is 0 Å². The summed E-state index contributed by atoms with van der Waals surface area (Å²) in [5.41, 5.74) is 0. The Kier molecular flexibility index (Phi) is 4.03. The topological polar surface area (TPSA) is 32.3 Å². The number of amides is 1. The van der Waals surface area contributed by atoms with Gasteiger partial charge in [0.05, 0.1) is 18.8 Å². The van der Waals surface area contributed by atoms with Crippen LogP contribution in [-0.2, 0) is 4.79 Å². The molecule has 2 rings (SSSR count). The summed E-state index contributed by atoms with van der Waals surface area (Å²) in [5, 5.41) is 2.96. The van der Waals surface area contributed by atoms with Crippen LogP contribution in [0.4, 0.5) is 17.6 Å². The molecule has 0 bridgehead atoms. The Morgan fingerprint density at radius 2 is 1.95 bits per heavy atom. The van der Waals surface area contributed by atoms with Crippen LogP contribution in [0.1, 0.15) is 32.6 Å². The molecule has 19 heavy (non-hydrogen) atoms. The second-order valence-electron chi connectivity index (χ2n) is 5.41. The van der Waals surface area contributed by atoms with Crippen LogP contribution in [0.15, 0.2) is 0 Å². The summed E-state index contributed by atoms with van der Waals surface area (Å²) < 4.78 is 50.9. The minimum absolute atomic E-state index is 0.0855. The van der Waals surface area contributed by atoms with Gasteiger partial charge in [0.2, 0.25) is 5.91 Å². The molecule has 1 N–H and O–H groups in total. The summed E-state index contributed by atoms with van der Waals surface area (Å²) >= 11 is 0. The minimum atomic E-state index is -4.15. The number of rotatable bonds is 4. The van der Waals surface area contributed by atoms with Crippen LogP contribution >= 0.6 is 0 Å². The van der Waals surface area contributed by atoms with Gasteiger partial charge in [-0.25, -0.2) is 8.78 Å². The maximum absolute atomic E-state index is 13.2. The van der Waals surface area contributed by atoms with Crippen LogP contribution in [0.2, 0.25) is 0 Å². The van der Waals surface area contributed by atoms with Gasteiger partial charge in [0.25, 0.3) is 0 Å². The lowest BCUT2D eigenvalue weighted by molar-refractivity contribution is -0.158. The predicted octanol–water partition coefficient (Wildman–Crippen LogP) is 2.22. The second kappa shape index (κ2) is 5.26. The fourth-order valence-corrected chi connectivity index (χ4v) is 2.94. The zero-order valence-corrected chi connectivity index (χ0v) is 10.7. The molecule has 2 fully saturated rings. The van der Waals surface area contributed by atoms with Crippen molar-refractivity contribution < 1.29 is 22.4 Å². The molecule has 0 aromatic rings. The van der Waals surface area contributed by atoms with Gasteiger partial charge >= 0.3 is 12.3 Å². The van der Waals surface area contributed by atoms with Gasteiger partial charge in [-0.15, -0.1) is 0 Å². The number of alkyl halides is 4. The van der Waals surface area contributed by atoms with Gasteiger partial charge in [0.1, 0.15) is 0 Å². The highest BCUT2D eigenvalue weighted by molar-refractivity contribution is 5.84. The number of halogens is 4. The van der Waals surface area contributed by atoms with Gasteiger partial charge in [-0.3, -0.25) is 10.1 Å². The number of carbonyl (C=O) groups excluding carboxylic acids is 1. The maximum Gasteiger partial charge on any atom is 0.324 e. The standard InChI is InChI=1S/C12H18F4N2O/c1-7-10(19)18(6-12(15,16)11(13)14)9(17-7)8-4-2-3-5-8/h7-9,11,17H,2-6H2,1H3. The molecule has 1 aliphatic carbocycles. The van der Waals surface area contributed by atoms with Crippen LogP contribution in [0.25, 0.3) is 0 Å². The third-order valence-corrected chi connectivity index (χ3v) is 3.96. The number of hydrogen-bond donors (Lipinski definition) is 1. The summed E-state index contributed by atoms with van der Waals surface area (Å²) in [6.07, 6.45) is -0.618. The Bertz CT molecular complexity index is 345. The minimum Gasteiger partial charge on any atom is -0.319 e. The lowest BCUT2D eigenvalue weighted by Gasteiger charge is -2.31. The van der Waals surface area contributed by atoms with Crippen molar-refractivity contribution >= 4 is 5.91 Å². The fourth-order valence-electron chi connectivity index (χ4n) is 2.94. The van der Waals surface area contributed by atoms with Gasteiger partial charge in [-0.2, -0.15) is 8.78 Å². The van der Waals surface area contributed by atoms with E-state index in [1.165, 1.54) is 0 Å². The van der Waals surface area contributed by atoms with Crippen molar-refractivity contribution in [2.24, 2.45) is 5.92 Å². The van der Waals surface area contributed by atoms with E-state index in [-0.39, 0.29) is 5.92 Å². The highest BCUT2D eigenvalue weighted by Gasteiger charge is 2.49. The molecule has 1 saturated carbocycles. The van der Waals surface area contributed by atoms with E-state index in [4.69, 9.17) is 0 Å². The smallest absolute Gasteiger partial charge is 0.319 e. The second-order valence-corrected chi connectivity index (χ2v) is 5.41. The van der Waals surface area contributed by atoms with E-state index < -0.39 is 37.0 Å². The number of nitrogens with one attached hydrogen (secondary N) is 1. The molecule has 2 atom stereocenters. The van der Waals surface area contributed by atoms with Gasteiger partial charge in [0.15, 0.2) is 0 Å². The van der Waals surface area contributed by atoms with Gasteiger partial charge in [0, 0.05) is 0 Å². The zero-order valence-electron chi connectivity index (χ0n) is 10.7. The summed E-state index contributed by atoms with van der Waals surface area (Å²) in [6, 6.07) is -0.584. The first kappa shape index (κ1) is 14.6. The van der Waals surface area contributed by atoms with E-state index in [0.29, 0.717) is 0 Å². The van der Waals surface area contributed by atoms with Crippen molar-refractivity contribution in [1.82, 2.24) is 10.2 Å². The number of nitrogens with zero attached hydrogens (tertiary/aromatic N) is 1. The Hall–Kier alpha value is -0.850. The molecule has 0 aromatic carbocycles. The summed E-state index contributed by atoms with van der Waals surface area (Å²) in [7, 11) is 0. The quantitative estimate of drug-likeness (QED) is 0.802.